The second-order valence-corrected chi connectivity index (χ2v) is 6.65. The van der Waals surface area contributed by atoms with Crippen molar-refractivity contribution < 1.29 is 14.3 Å². The highest BCUT2D eigenvalue weighted by atomic mass is 19.1. The van der Waals surface area contributed by atoms with Crippen molar-refractivity contribution in [3.8, 4) is 0 Å². The van der Waals surface area contributed by atoms with E-state index in [2.05, 4.69) is 19.1 Å². The molecule has 1 saturated carbocycles. The third kappa shape index (κ3) is 7.43. The van der Waals surface area contributed by atoms with E-state index in [1.807, 2.05) is 13.0 Å². The zero-order valence-corrected chi connectivity index (χ0v) is 14.7. The molecule has 0 heterocycles. The predicted octanol–water partition coefficient (Wildman–Crippen LogP) is 5.16. The number of hydrogen-bond acceptors (Lipinski definition) is 2. The van der Waals surface area contributed by atoms with Gasteiger partial charge in [0, 0.05) is 12.3 Å². The number of aliphatic hydroxyl groups excluding tert-OH is 1. The smallest absolute Gasteiger partial charge is 0.136 e. The van der Waals surface area contributed by atoms with E-state index < -0.39 is 12.3 Å². The molecular formula is C20H33FO2. The third-order valence-electron chi connectivity index (χ3n) is 4.68. The molecule has 0 aromatic rings. The van der Waals surface area contributed by atoms with Gasteiger partial charge < -0.3 is 5.11 Å². The van der Waals surface area contributed by atoms with Crippen LogP contribution in [0.15, 0.2) is 24.3 Å². The van der Waals surface area contributed by atoms with Crippen molar-refractivity contribution >= 4 is 5.78 Å². The number of aliphatic hydroxyl groups is 1. The van der Waals surface area contributed by atoms with E-state index in [1.54, 1.807) is 6.08 Å². The summed E-state index contributed by atoms with van der Waals surface area (Å²) in [6.45, 7) is 4.16. The Morgan fingerprint density at radius 3 is 2.70 bits per heavy atom. The average molecular weight is 324 g/mol. The second-order valence-electron chi connectivity index (χ2n) is 6.65. The topological polar surface area (TPSA) is 37.3 Å². The summed E-state index contributed by atoms with van der Waals surface area (Å²) in [4.78, 5) is 12.0. The van der Waals surface area contributed by atoms with Crippen LogP contribution in [0.5, 0.6) is 0 Å². The van der Waals surface area contributed by atoms with Gasteiger partial charge in [-0.2, -0.15) is 0 Å². The molecule has 2 nitrogen and oxygen atoms in total. The quantitative estimate of drug-likeness (QED) is 0.533. The van der Waals surface area contributed by atoms with Crippen LogP contribution in [-0.2, 0) is 4.79 Å². The standard InChI is InChI=1S/C20H33FO2/c1-3-5-7-8-9-10-17-16(12-14-19(17)22)13-15-20(23)18(21)11-6-4-2/h7-8,13,15-18,20,23H,3-6,9-12,14H2,1-2H3/b8-7+,15-13?/t16-,17-,18?,20?/m1/s1. The minimum Gasteiger partial charge on any atom is -0.386 e. The Labute approximate surface area is 140 Å². The van der Waals surface area contributed by atoms with E-state index in [0.29, 0.717) is 18.6 Å². The Hall–Kier alpha value is -0.960. The van der Waals surface area contributed by atoms with Gasteiger partial charge in [0.05, 0.1) is 0 Å². The lowest BCUT2D eigenvalue weighted by Crippen LogP contribution is -2.20. The Kier molecular flexibility index (Phi) is 10.1. The monoisotopic (exact) mass is 324 g/mol. The molecule has 132 valence electrons. The summed E-state index contributed by atoms with van der Waals surface area (Å²) in [6, 6.07) is 0. The van der Waals surface area contributed by atoms with Gasteiger partial charge in [0.1, 0.15) is 18.1 Å². The van der Waals surface area contributed by atoms with Gasteiger partial charge in [0.2, 0.25) is 0 Å². The van der Waals surface area contributed by atoms with Gasteiger partial charge in [-0.05, 0) is 38.0 Å². The molecule has 4 atom stereocenters. The van der Waals surface area contributed by atoms with Crippen molar-refractivity contribution in [2.45, 2.75) is 83.9 Å². The maximum atomic E-state index is 13.8. The van der Waals surface area contributed by atoms with Gasteiger partial charge in [-0.3, -0.25) is 4.79 Å². The number of halogens is 1. The lowest BCUT2D eigenvalue weighted by atomic mass is 9.90. The fourth-order valence-electron chi connectivity index (χ4n) is 3.16. The van der Waals surface area contributed by atoms with Crippen molar-refractivity contribution in [3.63, 3.8) is 0 Å². The van der Waals surface area contributed by atoms with Crippen LogP contribution in [0.3, 0.4) is 0 Å². The van der Waals surface area contributed by atoms with E-state index in [9.17, 15) is 14.3 Å². The van der Waals surface area contributed by atoms with E-state index >= 15 is 0 Å². The molecule has 1 aliphatic rings. The minimum absolute atomic E-state index is 0.0402. The number of hydrogen-bond donors (Lipinski definition) is 1. The molecule has 0 bridgehead atoms. The summed E-state index contributed by atoms with van der Waals surface area (Å²) in [7, 11) is 0. The Bertz CT molecular complexity index is 389. The first-order valence-corrected chi connectivity index (χ1v) is 9.28. The highest BCUT2D eigenvalue weighted by Gasteiger charge is 2.32. The van der Waals surface area contributed by atoms with Crippen LogP contribution in [0.25, 0.3) is 0 Å². The number of alkyl halides is 1. The molecule has 0 radical (unpaired) electrons. The van der Waals surface area contributed by atoms with E-state index in [-0.39, 0.29) is 11.8 Å². The molecule has 0 amide bonds. The molecule has 3 heteroatoms. The number of unbranched alkanes of at least 4 members (excludes halogenated alkanes) is 2. The Balaban J connectivity index is 2.46. The SMILES string of the molecule is CCC/C=C/CC[C@H]1C(=O)CC[C@@H]1C=CC(O)C(F)CCCC. The fraction of sp³-hybridized carbons (Fsp3) is 0.750. The zero-order chi connectivity index (χ0) is 17.1. The van der Waals surface area contributed by atoms with Crippen LogP contribution < -0.4 is 0 Å². The highest BCUT2D eigenvalue weighted by molar-refractivity contribution is 5.83. The maximum Gasteiger partial charge on any atom is 0.136 e. The molecule has 2 unspecified atom stereocenters. The molecule has 1 rings (SSSR count). The number of carbonyl (C=O) groups excluding carboxylic acids is 1. The Morgan fingerprint density at radius 2 is 2.00 bits per heavy atom. The summed E-state index contributed by atoms with van der Waals surface area (Å²) in [5.41, 5.74) is 0. The summed E-state index contributed by atoms with van der Waals surface area (Å²) in [5.74, 6) is 0.523. The fourth-order valence-corrected chi connectivity index (χ4v) is 3.16. The maximum absolute atomic E-state index is 13.8. The molecule has 23 heavy (non-hydrogen) atoms. The van der Waals surface area contributed by atoms with Crippen LogP contribution in [0.2, 0.25) is 0 Å². The summed E-state index contributed by atoms with van der Waals surface area (Å²) >= 11 is 0. The number of rotatable bonds is 11. The van der Waals surface area contributed by atoms with Crippen molar-refractivity contribution in [1.82, 2.24) is 0 Å². The normalized spacial score (nSPS) is 24.8. The number of ketones is 1. The van der Waals surface area contributed by atoms with Crippen molar-refractivity contribution in [2.24, 2.45) is 11.8 Å². The van der Waals surface area contributed by atoms with Crippen LogP contribution in [-0.4, -0.2) is 23.2 Å². The van der Waals surface area contributed by atoms with Crippen molar-refractivity contribution in [3.05, 3.63) is 24.3 Å². The predicted molar refractivity (Wildman–Crippen MR) is 94.1 cm³/mol. The van der Waals surface area contributed by atoms with Crippen molar-refractivity contribution in [2.75, 3.05) is 0 Å². The van der Waals surface area contributed by atoms with Gasteiger partial charge in [-0.25, -0.2) is 4.39 Å². The third-order valence-corrected chi connectivity index (χ3v) is 4.68. The molecule has 0 aromatic heterocycles. The molecule has 1 aliphatic carbocycles. The molecule has 0 spiro atoms. The highest BCUT2D eigenvalue weighted by Crippen LogP contribution is 2.33. The van der Waals surface area contributed by atoms with Crippen LogP contribution in [0.1, 0.15) is 71.6 Å². The molecule has 1 N–H and O–H groups in total. The number of carbonyl (C=O) groups is 1. The van der Waals surface area contributed by atoms with E-state index in [1.165, 1.54) is 0 Å². The lowest BCUT2D eigenvalue weighted by Gasteiger charge is -2.16. The largest absolute Gasteiger partial charge is 0.386 e. The minimum atomic E-state index is -1.20. The lowest BCUT2D eigenvalue weighted by molar-refractivity contribution is -0.121. The van der Waals surface area contributed by atoms with Gasteiger partial charge in [-0.15, -0.1) is 0 Å². The Morgan fingerprint density at radius 1 is 1.26 bits per heavy atom. The van der Waals surface area contributed by atoms with Gasteiger partial charge in [0.25, 0.3) is 0 Å². The molecule has 0 aliphatic heterocycles. The zero-order valence-electron chi connectivity index (χ0n) is 14.7. The van der Waals surface area contributed by atoms with Gasteiger partial charge in [0.15, 0.2) is 0 Å². The first kappa shape index (κ1) is 20.1. The van der Waals surface area contributed by atoms with E-state index in [4.69, 9.17) is 0 Å². The average Bonchev–Trinajstić information content (AvgIpc) is 2.90. The number of allylic oxidation sites excluding steroid dienone is 3. The van der Waals surface area contributed by atoms with E-state index in [0.717, 1.165) is 44.9 Å². The molecule has 0 aromatic carbocycles. The first-order chi connectivity index (χ1) is 11.1. The van der Waals surface area contributed by atoms with Crippen LogP contribution in [0, 0.1) is 11.8 Å². The molecule has 1 fully saturated rings. The summed E-state index contributed by atoms with van der Waals surface area (Å²) < 4.78 is 13.8. The second kappa shape index (κ2) is 11.6. The van der Waals surface area contributed by atoms with Crippen LogP contribution >= 0.6 is 0 Å². The summed E-state index contributed by atoms with van der Waals surface area (Å²) in [6.07, 6.45) is 13.1. The molecular weight excluding hydrogens is 291 g/mol. The van der Waals surface area contributed by atoms with Gasteiger partial charge >= 0.3 is 0 Å². The molecule has 0 saturated heterocycles. The van der Waals surface area contributed by atoms with Gasteiger partial charge in [-0.1, -0.05) is 57.4 Å². The van der Waals surface area contributed by atoms with Crippen LogP contribution in [0.4, 0.5) is 4.39 Å². The van der Waals surface area contributed by atoms with Crippen molar-refractivity contribution in [1.29, 1.82) is 0 Å². The number of Topliss-reactive ketones (excluding diaryl/α,β-unsaturated/α-hetero) is 1. The first-order valence-electron chi connectivity index (χ1n) is 9.28. The summed E-state index contributed by atoms with van der Waals surface area (Å²) in [5, 5.41) is 9.87.